The maximum absolute atomic E-state index is 11.1. The fraction of sp³-hybridized carbons (Fsp3) is 0.778. The molecule has 0 aliphatic rings. The number of phenols is 1. The van der Waals surface area contributed by atoms with Gasteiger partial charge in [0.2, 0.25) is 0 Å². The molecule has 0 heterocycles. The number of unbranched alkanes of at least 4 members (excludes halogenated alkanes) is 3. The van der Waals surface area contributed by atoms with Crippen LogP contribution in [0.4, 0.5) is 0 Å². The van der Waals surface area contributed by atoms with Gasteiger partial charge in [-0.1, -0.05) is 119 Å². The molecule has 0 aliphatic carbocycles. The third-order valence-corrected chi connectivity index (χ3v) is 14.3. The predicted octanol–water partition coefficient (Wildman–Crippen LogP) is 9.47. The van der Waals surface area contributed by atoms with E-state index in [1.807, 2.05) is 0 Å². The largest absolute Gasteiger partial charge is 0.507 e. The monoisotopic (exact) mass is 450 g/mol. The first kappa shape index (κ1) is 27.6. The van der Waals surface area contributed by atoms with E-state index in [0.29, 0.717) is 5.75 Å². The van der Waals surface area contributed by atoms with Crippen molar-refractivity contribution >= 4 is 19.8 Å². The van der Waals surface area contributed by atoms with Crippen molar-refractivity contribution in [1.82, 2.24) is 0 Å². The molecule has 0 amide bonds. The first-order valence-electron chi connectivity index (χ1n) is 12.4. The molecule has 0 saturated heterocycles. The SMILES string of the molecule is CCCC[Si](CCCC)(CCCC)CSc1cc(C(C)(C)C)c(O)c(C(C)(C)C)c1. The molecule has 1 N–H and O–H groups in total. The van der Waals surface area contributed by atoms with Crippen LogP contribution in [0.5, 0.6) is 5.75 Å². The van der Waals surface area contributed by atoms with Crippen LogP contribution in [0, 0.1) is 0 Å². The zero-order valence-electron chi connectivity index (χ0n) is 21.6. The van der Waals surface area contributed by atoms with Crippen molar-refractivity contribution in [2.75, 3.05) is 5.38 Å². The van der Waals surface area contributed by atoms with Crippen LogP contribution in [0.2, 0.25) is 18.1 Å². The molecule has 0 aromatic heterocycles. The van der Waals surface area contributed by atoms with Crippen LogP contribution in [0.1, 0.15) is 112 Å². The summed E-state index contributed by atoms with van der Waals surface area (Å²) >= 11 is 2.10. The van der Waals surface area contributed by atoms with Crippen LogP contribution in [0.3, 0.4) is 0 Å². The molecule has 1 rings (SSSR count). The van der Waals surface area contributed by atoms with Crippen LogP contribution < -0.4 is 0 Å². The molecule has 0 atom stereocenters. The van der Waals surface area contributed by atoms with Gasteiger partial charge in [0, 0.05) is 16.0 Å². The van der Waals surface area contributed by atoms with Crippen LogP contribution in [0.25, 0.3) is 0 Å². The molecule has 1 aromatic carbocycles. The van der Waals surface area contributed by atoms with Crippen molar-refractivity contribution in [1.29, 1.82) is 0 Å². The van der Waals surface area contributed by atoms with Crippen molar-refractivity contribution in [3.8, 4) is 5.75 Å². The molecule has 0 bridgehead atoms. The van der Waals surface area contributed by atoms with E-state index in [0.717, 1.165) is 11.1 Å². The van der Waals surface area contributed by atoms with Gasteiger partial charge in [-0.25, -0.2) is 0 Å². The average molecular weight is 451 g/mol. The predicted molar refractivity (Wildman–Crippen MR) is 141 cm³/mol. The van der Waals surface area contributed by atoms with E-state index >= 15 is 0 Å². The van der Waals surface area contributed by atoms with Gasteiger partial charge in [-0.3, -0.25) is 0 Å². The lowest BCUT2D eigenvalue weighted by molar-refractivity contribution is 0.422. The highest BCUT2D eigenvalue weighted by molar-refractivity contribution is 8.01. The van der Waals surface area contributed by atoms with Gasteiger partial charge < -0.3 is 5.11 Å². The topological polar surface area (TPSA) is 20.2 Å². The molecular formula is C27H50OSSi. The van der Waals surface area contributed by atoms with E-state index in [1.54, 1.807) is 0 Å². The summed E-state index contributed by atoms with van der Waals surface area (Å²) in [7, 11) is -1.28. The lowest BCUT2D eigenvalue weighted by atomic mass is 9.79. The molecular weight excluding hydrogens is 400 g/mol. The maximum atomic E-state index is 11.1. The summed E-state index contributed by atoms with van der Waals surface area (Å²) in [6.45, 7) is 20.3. The summed E-state index contributed by atoms with van der Waals surface area (Å²) in [5, 5.41) is 12.4. The summed E-state index contributed by atoms with van der Waals surface area (Å²) in [4.78, 5) is 1.36. The van der Waals surface area contributed by atoms with E-state index in [2.05, 4.69) is 86.2 Å². The Morgan fingerprint density at radius 3 is 1.40 bits per heavy atom. The Labute approximate surface area is 193 Å². The van der Waals surface area contributed by atoms with Gasteiger partial charge >= 0.3 is 0 Å². The van der Waals surface area contributed by atoms with E-state index in [-0.39, 0.29) is 10.8 Å². The summed E-state index contributed by atoms with van der Waals surface area (Å²) < 4.78 is 0. The molecule has 0 aliphatic heterocycles. The van der Waals surface area contributed by atoms with Gasteiger partial charge in [0.25, 0.3) is 0 Å². The molecule has 0 spiro atoms. The number of aromatic hydroxyl groups is 1. The van der Waals surface area contributed by atoms with Crippen LogP contribution in [-0.4, -0.2) is 18.6 Å². The van der Waals surface area contributed by atoms with Crippen LogP contribution in [0.15, 0.2) is 17.0 Å². The minimum Gasteiger partial charge on any atom is -0.507 e. The molecule has 0 saturated carbocycles. The van der Waals surface area contributed by atoms with E-state index in [4.69, 9.17) is 0 Å². The first-order valence-corrected chi connectivity index (χ1v) is 16.2. The number of phenolic OH excluding ortho intramolecular Hbond substituents is 1. The molecule has 0 fully saturated rings. The number of thioether (sulfide) groups is 1. The van der Waals surface area contributed by atoms with Gasteiger partial charge in [-0.2, -0.15) is 0 Å². The highest BCUT2D eigenvalue weighted by Crippen LogP contribution is 2.43. The molecule has 3 heteroatoms. The fourth-order valence-electron chi connectivity index (χ4n) is 4.32. The van der Waals surface area contributed by atoms with Gasteiger partial charge in [0.05, 0.1) is 8.07 Å². The van der Waals surface area contributed by atoms with Crippen molar-refractivity contribution in [3.63, 3.8) is 0 Å². The van der Waals surface area contributed by atoms with Crippen molar-refractivity contribution in [3.05, 3.63) is 23.3 Å². The van der Waals surface area contributed by atoms with E-state index in [1.165, 1.54) is 66.9 Å². The molecule has 0 radical (unpaired) electrons. The second-order valence-corrected chi connectivity index (χ2v) is 17.9. The maximum Gasteiger partial charge on any atom is 0.123 e. The number of rotatable bonds is 12. The normalized spacial score (nSPS) is 13.1. The highest BCUT2D eigenvalue weighted by Gasteiger charge is 2.32. The Hall–Kier alpha value is -0.413. The molecule has 1 aromatic rings. The summed E-state index contributed by atoms with van der Waals surface area (Å²) in [6, 6.07) is 9.05. The van der Waals surface area contributed by atoms with Crippen LogP contribution in [-0.2, 0) is 10.8 Å². The average Bonchev–Trinajstić information content (AvgIpc) is 2.65. The standard InChI is InChI=1S/C27H50OSSi/c1-10-13-16-30(17-14-11-2,18-15-12-3)21-29-22-19-23(26(4,5)6)25(28)24(20-22)27(7,8)9/h19-20,28H,10-18,21H2,1-9H3. The summed E-state index contributed by atoms with van der Waals surface area (Å²) in [5.41, 5.74) is 2.09. The third kappa shape index (κ3) is 8.26. The first-order chi connectivity index (χ1) is 13.9. The number of hydrogen-bond donors (Lipinski definition) is 1. The Morgan fingerprint density at radius 1 is 0.733 bits per heavy atom. The minimum absolute atomic E-state index is 0.0538. The Balaban J connectivity index is 3.28. The second kappa shape index (κ2) is 12.0. The number of hydrogen-bond acceptors (Lipinski definition) is 2. The fourth-order valence-corrected chi connectivity index (χ4v) is 12.4. The summed E-state index contributed by atoms with van der Waals surface area (Å²) in [5.74, 6) is 0.505. The number of benzene rings is 1. The highest BCUT2D eigenvalue weighted by atomic mass is 32.2. The van der Waals surface area contributed by atoms with Gasteiger partial charge in [-0.15, -0.1) is 11.8 Å². The van der Waals surface area contributed by atoms with Gasteiger partial charge in [-0.05, 0) is 28.3 Å². The van der Waals surface area contributed by atoms with Gasteiger partial charge in [0.15, 0.2) is 0 Å². The smallest absolute Gasteiger partial charge is 0.123 e. The molecule has 0 unspecified atom stereocenters. The van der Waals surface area contributed by atoms with Crippen LogP contribution >= 0.6 is 11.8 Å². The summed E-state index contributed by atoms with van der Waals surface area (Å²) in [6.07, 6.45) is 8.15. The minimum atomic E-state index is -1.28. The van der Waals surface area contributed by atoms with E-state index in [9.17, 15) is 5.11 Å². The Bertz CT molecular complexity index is 582. The lowest BCUT2D eigenvalue weighted by Crippen LogP contribution is -2.37. The Morgan fingerprint density at radius 2 is 1.10 bits per heavy atom. The molecule has 1 nitrogen and oxygen atoms in total. The zero-order valence-corrected chi connectivity index (χ0v) is 23.4. The quantitative estimate of drug-likeness (QED) is 0.253. The van der Waals surface area contributed by atoms with Crippen molar-refractivity contribution in [2.24, 2.45) is 0 Å². The van der Waals surface area contributed by atoms with Crippen molar-refractivity contribution < 1.29 is 5.11 Å². The molecule has 174 valence electrons. The third-order valence-electron chi connectivity index (χ3n) is 6.43. The second-order valence-electron chi connectivity index (χ2n) is 11.5. The Kier molecular flexibility index (Phi) is 11.0. The zero-order chi connectivity index (χ0) is 23.0. The van der Waals surface area contributed by atoms with Gasteiger partial charge in [0.1, 0.15) is 5.75 Å². The van der Waals surface area contributed by atoms with E-state index < -0.39 is 8.07 Å². The van der Waals surface area contributed by atoms with Crippen molar-refractivity contribution in [2.45, 2.75) is 135 Å². The molecule has 30 heavy (non-hydrogen) atoms. The lowest BCUT2D eigenvalue weighted by Gasteiger charge is -2.33.